The Morgan fingerprint density at radius 2 is 2.19 bits per heavy atom. The van der Waals surface area contributed by atoms with Gasteiger partial charge in [0.25, 0.3) is 0 Å². The second-order valence-corrected chi connectivity index (χ2v) is 6.92. The van der Waals surface area contributed by atoms with Crippen LogP contribution in [-0.4, -0.2) is 11.5 Å². The molecule has 1 aliphatic rings. The Balaban J connectivity index is 1.78. The average molecular weight is 238 g/mol. The fraction of sp³-hybridized carbons (Fsp3) is 0.769. The van der Waals surface area contributed by atoms with E-state index in [4.69, 9.17) is 0 Å². The molecule has 0 radical (unpaired) electrons. The van der Waals surface area contributed by atoms with Crippen LogP contribution in [-0.2, 0) is 12.0 Å². The lowest BCUT2D eigenvalue weighted by molar-refractivity contribution is 0.301. The van der Waals surface area contributed by atoms with Crippen LogP contribution in [0.4, 0.5) is 0 Å². The van der Waals surface area contributed by atoms with Gasteiger partial charge in [-0.1, -0.05) is 27.2 Å². The van der Waals surface area contributed by atoms with E-state index < -0.39 is 0 Å². The third kappa shape index (κ3) is 3.05. The molecule has 0 saturated heterocycles. The van der Waals surface area contributed by atoms with Crippen molar-refractivity contribution in [2.45, 2.75) is 52.0 Å². The highest BCUT2D eigenvalue weighted by molar-refractivity contribution is 7.11. The van der Waals surface area contributed by atoms with E-state index in [1.54, 1.807) is 0 Å². The lowest BCUT2D eigenvalue weighted by atomic mass is 9.85. The molecule has 1 N–H and O–H groups in total. The lowest BCUT2D eigenvalue weighted by Gasteiger charge is -2.25. The summed E-state index contributed by atoms with van der Waals surface area (Å²) in [6, 6.07) is 0. The molecule has 0 unspecified atom stereocenters. The first-order chi connectivity index (χ1) is 7.55. The molecular weight excluding hydrogens is 216 g/mol. The van der Waals surface area contributed by atoms with E-state index in [0.717, 1.165) is 12.5 Å². The minimum absolute atomic E-state index is 0.191. The normalized spacial score (nSPS) is 17.4. The zero-order valence-corrected chi connectivity index (χ0v) is 11.4. The topological polar surface area (TPSA) is 24.9 Å². The summed E-state index contributed by atoms with van der Waals surface area (Å²) >= 11 is 1.84. The summed E-state index contributed by atoms with van der Waals surface area (Å²) in [6.07, 6.45) is 6.30. The molecule has 1 heterocycles. The molecule has 3 heteroatoms. The largest absolute Gasteiger partial charge is 0.312 e. The van der Waals surface area contributed by atoms with Crippen LogP contribution < -0.4 is 5.32 Å². The summed E-state index contributed by atoms with van der Waals surface area (Å²) in [5, 5.41) is 4.78. The van der Waals surface area contributed by atoms with Gasteiger partial charge in [-0.05, 0) is 25.3 Å². The van der Waals surface area contributed by atoms with E-state index in [-0.39, 0.29) is 5.41 Å². The summed E-state index contributed by atoms with van der Waals surface area (Å²) in [7, 11) is 0. The van der Waals surface area contributed by atoms with Gasteiger partial charge >= 0.3 is 0 Å². The van der Waals surface area contributed by atoms with Gasteiger partial charge in [0.2, 0.25) is 0 Å². The van der Waals surface area contributed by atoms with Crippen molar-refractivity contribution in [1.29, 1.82) is 0 Å². The highest BCUT2D eigenvalue weighted by Crippen LogP contribution is 2.27. The summed E-state index contributed by atoms with van der Waals surface area (Å²) < 4.78 is 0. The van der Waals surface area contributed by atoms with Gasteiger partial charge < -0.3 is 5.32 Å². The molecule has 0 aromatic carbocycles. The van der Waals surface area contributed by atoms with Crippen LogP contribution in [0, 0.1) is 5.92 Å². The molecular formula is C13H22N2S. The zero-order chi connectivity index (χ0) is 11.6. The molecule has 0 atom stereocenters. The molecule has 0 aliphatic heterocycles. The number of nitrogens with zero attached hydrogens (tertiary/aromatic N) is 1. The van der Waals surface area contributed by atoms with Gasteiger partial charge in [-0.25, -0.2) is 4.98 Å². The fourth-order valence-electron chi connectivity index (χ4n) is 1.83. The third-order valence-corrected chi connectivity index (χ3v) is 4.58. The Labute approximate surface area is 102 Å². The van der Waals surface area contributed by atoms with Crippen LogP contribution in [0.15, 0.2) is 6.20 Å². The molecule has 0 amide bonds. The summed E-state index contributed by atoms with van der Waals surface area (Å²) in [4.78, 5) is 5.86. The van der Waals surface area contributed by atoms with Gasteiger partial charge in [0, 0.05) is 23.0 Å². The summed E-state index contributed by atoms with van der Waals surface area (Å²) in [6.45, 7) is 8.83. The van der Waals surface area contributed by atoms with Gasteiger partial charge in [0.15, 0.2) is 0 Å². The third-order valence-electron chi connectivity index (χ3n) is 3.15. The average Bonchev–Trinajstić information content (AvgIpc) is 2.56. The molecule has 2 rings (SSSR count). The lowest BCUT2D eigenvalue weighted by Crippen LogP contribution is -2.26. The van der Waals surface area contributed by atoms with Crippen molar-refractivity contribution in [3.8, 4) is 0 Å². The predicted molar refractivity (Wildman–Crippen MR) is 69.9 cm³/mol. The van der Waals surface area contributed by atoms with E-state index in [1.165, 1.54) is 35.7 Å². The maximum absolute atomic E-state index is 4.50. The van der Waals surface area contributed by atoms with Crippen LogP contribution in [0.2, 0.25) is 0 Å². The van der Waals surface area contributed by atoms with Gasteiger partial charge in [0.1, 0.15) is 0 Å². The predicted octanol–water partition coefficient (Wildman–Crippen LogP) is 3.33. The Hall–Kier alpha value is -0.410. The highest BCUT2D eigenvalue weighted by atomic mass is 32.1. The quantitative estimate of drug-likeness (QED) is 0.870. The molecule has 0 bridgehead atoms. The number of hydrogen-bond acceptors (Lipinski definition) is 3. The van der Waals surface area contributed by atoms with Crippen molar-refractivity contribution in [3.05, 3.63) is 16.1 Å². The van der Waals surface area contributed by atoms with E-state index in [1.807, 2.05) is 17.5 Å². The van der Waals surface area contributed by atoms with Crippen LogP contribution in [0.5, 0.6) is 0 Å². The Morgan fingerprint density at radius 3 is 2.69 bits per heavy atom. The van der Waals surface area contributed by atoms with E-state index in [2.05, 4.69) is 31.1 Å². The Morgan fingerprint density at radius 1 is 1.44 bits per heavy atom. The van der Waals surface area contributed by atoms with Crippen LogP contribution in [0.3, 0.4) is 0 Å². The summed E-state index contributed by atoms with van der Waals surface area (Å²) in [5.74, 6) is 0.940. The van der Waals surface area contributed by atoms with Gasteiger partial charge in [-0.15, -0.1) is 11.3 Å². The number of rotatable bonds is 4. The number of hydrogen-bond donors (Lipinski definition) is 1. The second kappa shape index (κ2) is 4.84. The molecule has 1 aromatic rings. The molecule has 16 heavy (non-hydrogen) atoms. The van der Waals surface area contributed by atoms with Crippen molar-refractivity contribution >= 4 is 11.3 Å². The maximum Gasteiger partial charge on any atom is 0.0981 e. The Bertz CT molecular complexity index is 334. The minimum Gasteiger partial charge on any atom is -0.312 e. The molecule has 1 fully saturated rings. The van der Waals surface area contributed by atoms with Crippen molar-refractivity contribution in [3.63, 3.8) is 0 Å². The van der Waals surface area contributed by atoms with Crippen LogP contribution in [0.1, 0.15) is 49.9 Å². The zero-order valence-electron chi connectivity index (χ0n) is 10.5. The first-order valence-corrected chi connectivity index (χ1v) is 7.03. The highest BCUT2D eigenvalue weighted by Gasteiger charge is 2.19. The molecule has 2 nitrogen and oxygen atoms in total. The smallest absolute Gasteiger partial charge is 0.0981 e. The monoisotopic (exact) mass is 238 g/mol. The molecule has 90 valence electrons. The molecule has 1 saturated carbocycles. The minimum atomic E-state index is 0.191. The maximum atomic E-state index is 4.50. The number of aromatic nitrogens is 1. The number of thiazole rings is 1. The van der Waals surface area contributed by atoms with Crippen molar-refractivity contribution in [2.75, 3.05) is 6.54 Å². The van der Waals surface area contributed by atoms with Crippen molar-refractivity contribution < 1.29 is 0 Å². The molecule has 0 spiro atoms. The SMILES string of the molecule is CC(C)(C)c1ncc(CNCC2CCC2)s1. The van der Waals surface area contributed by atoms with E-state index in [9.17, 15) is 0 Å². The first-order valence-electron chi connectivity index (χ1n) is 6.21. The molecule has 1 aromatic heterocycles. The van der Waals surface area contributed by atoms with Crippen molar-refractivity contribution in [2.24, 2.45) is 5.92 Å². The van der Waals surface area contributed by atoms with Crippen LogP contribution >= 0.6 is 11.3 Å². The first kappa shape index (κ1) is 12.1. The Kier molecular flexibility index (Phi) is 3.65. The van der Waals surface area contributed by atoms with Crippen LogP contribution in [0.25, 0.3) is 0 Å². The fourth-order valence-corrected chi connectivity index (χ4v) is 2.77. The van der Waals surface area contributed by atoms with E-state index in [0.29, 0.717) is 0 Å². The van der Waals surface area contributed by atoms with Gasteiger partial charge in [-0.2, -0.15) is 0 Å². The van der Waals surface area contributed by atoms with Crippen molar-refractivity contribution in [1.82, 2.24) is 10.3 Å². The number of nitrogens with one attached hydrogen (secondary N) is 1. The molecule has 1 aliphatic carbocycles. The van der Waals surface area contributed by atoms with Gasteiger partial charge in [-0.3, -0.25) is 0 Å². The summed E-state index contributed by atoms with van der Waals surface area (Å²) in [5.41, 5.74) is 0.191. The van der Waals surface area contributed by atoms with E-state index >= 15 is 0 Å². The standard InChI is InChI=1S/C13H22N2S/c1-13(2,3)12-15-9-11(16-12)8-14-7-10-5-4-6-10/h9-10,14H,4-8H2,1-3H3. The van der Waals surface area contributed by atoms with Gasteiger partial charge in [0.05, 0.1) is 5.01 Å². The second-order valence-electron chi connectivity index (χ2n) is 5.81.